The highest BCUT2D eigenvalue weighted by atomic mass is 32.2. The maximum Gasteiger partial charge on any atom is 0.231 e. The van der Waals surface area contributed by atoms with Crippen molar-refractivity contribution in [2.24, 2.45) is 5.92 Å². The Labute approximate surface area is 123 Å². The van der Waals surface area contributed by atoms with Gasteiger partial charge in [-0.3, -0.25) is 0 Å². The number of benzene rings is 1. The van der Waals surface area contributed by atoms with Crippen LogP contribution in [0.3, 0.4) is 0 Å². The van der Waals surface area contributed by atoms with Gasteiger partial charge in [-0.15, -0.1) is 11.8 Å². The van der Waals surface area contributed by atoms with Crippen molar-refractivity contribution in [3.05, 3.63) is 41.5 Å². The van der Waals surface area contributed by atoms with E-state index in [1.165, 1.54) is 10.5 Å². The predicted molar refractivity (Wildman–Crippen MR) is 79.8 cm³/mol. The summed E-state index contributed by atoms with van der Waals surface area (Å²) in [6.07, 6.45) is 0. The maximum absolute atomic E-state index is 5.41. The minimum atomic E-state index is 0.362. The summed E-state index contributed by atoms with van der Waals surface area (Å²) in [6.45, 7) is 6.28. The Bertz CT molecular complexity index is 567. The van der Waals surface area contributed by atoms with Crippen LogP contribution in [0.5, 0.6) is 0 Å². The second-order valence-electron chi connectivity index (χ2n) is 5.39. The number of thioether (sulfide) groups is 1. The minimum Gasteiger partial charge on any atom is -0.339 e. The normalized spacial score (nSPS) is 22.3. The van der Waals surface area contributed by atoms with Crippen molar-refractivity contribution in [3.63, 3.8) is 0 Å². The standard InChI is InChI=1S/C15H19N3OS/c1-10-3-5-12(6-4-10)20-9-14-17-15(19-18-14)13-8-16-7-11(13)2/h3-6,11,13,16H,7-9H2,1-2H3/t11-,13-/m1/s1. The van der Waals surface area contributed by atoms with E-state index in [0.29, 0.717) is 11.8 Å². The Morgan fingerprint density at radius 3 is 2.80 bits per heavy atom. The molecule has 106 valence electrons. The van der Waals surface area contributed by atoms with Crippen LogP contribution in [0.25, 0.3) is 0 Å². The average Bonchev–Trinajstić information content (AvgIpc) is 3.06. The van der Waals surface area contributed by atoms with Crippen LogP contribution in [0.1, 0.15) is 30.1 Å². The molecule has 0 saturated carbocycles. The summed E-state index contributed by atoms with van der Waals surface area (Å²) in [5.74, 6) is 3.24. The van der Waals surface area contributed by atoms with Crippen molar-refractivity contribution >= 4 is 11.8 Å². The molecule has 0 aliphatic carbocycles. The van der Waals surface area contributed by atoms with E-state index >= 15 is 0 Å². The largest absolute Gasteiger partial charge is 0.339 e. The topological polar surface area (TPSA) is 51.0 Å². The molecule has 0 spiro atoms. The number of aryl methyl sites for hydroxylation is 1. The molecular weight excluding hydrogens is 270 g/mol. The van der Waals surface area contributed by atoms with Gasteiger partial charge in [0.25, 0.3) is 0 Å². The van der Waals surface area contributed by atoms with Crippen molar-refractivity contribution in [2.45, 2.75) is 30.4 Å². The van der Waals surface area contributed by atoms with Crippen molar-refractivity contribution in [1.29, 1.82) is 0 Å². The Hall–Kier alpha value is -1.33. The zero-order valence-electron chi connectivity index (χ0n) is 11.8. The van der Waals surface area contributed by atoms with E-state index in [2.05, 4.69) is 53.6 Å². The van der Waals surface area contributed by atoms with Crippen LogP contribution in [-0.2, 0) is 5.75 Å². The smallest absolute Gasteiger partial charge is 0.231 e. The lowest BCUT2D eigenvalue weighted by atomic mass is 9.98. The fraction of sp³-hybridized carbons (Fsp3) is 0.467. The summed E-state index contributed by atoms with van der Waals surface area (Å²) in [5.41, 5.74) is 1.28. The highest BCUT2D eigenvalue weighted by molar-refractivity contribution is 7.98. The summed E-state index contributed by atoms with van der Waals surface area (Å²) in [4.78, 5) is 5.77. The molecule has 1 aromatic heterocycles. The van der Waals surface area contributed by atoms with E-state index in [9.17, 15) is 0 Å². The molecule has 2 heterocycles. The second-order valence-corrected chi connectivity index (χ2v) is 6.44. The maximum atomic E-state index is 5.41. The van der Waals surface area contributed by atoms with Crippen LogP contribution < -0.4 is 5.32 Å². The van der Waals surface area contributed by atoms with Crippen molar-refractivity contribution < 1.29 is 4.52 Å². The molecule has 2 aromatic rings. The van der Waals surface area contributed by atoms with E-state index in [1.807, 2.05) is 0 Å². The Kier molecular flexibility index (Phi) is 4.08. The molecular formula is C15H19N3OS. The van der Waals surface area contributed by atoms with Crippen LogP contribution in [0.15, 0.2) is 33.7 Å². The molecule has 1 aliphatic rings. The first kappa shape index (κ1) is 13.6. The van der Waals surface area contributed by atoms with E-state index in [4.69, 9.17) is 4.52 Å². The molecule has 0 bridgehead atoms. The van der Waals surface area contributed by atoms with E-state index in [0.717, 1.165) is 30.6 Å². The average molecular weight is 289 g/mol. The van der Waals surface area contributed by atoms with Gasteiger partial charge in [0, 0.05) is 11.4 Å². The van der Waals surface area contributed by atoms with Gasteiger partial charge in [-0.25, -0.2) is 0 Å². The quantitative estimate of drug-likeness (QED) is 0.877. The molecule has 1 saturated heterocycles. The third-order valence-electron chi connectivity index (χ3n) is 3.71. The van der Waals surface area contributed by atoms with Gasteiger partial charge in [-0.2, -0.15) is 4.98 Å². The summed E-state index contributed by atoms with van der Waals surface area (Å²) in [6, 6.07) is 8.50. The second kappa shape index (κ2) is 5.97. The molecule has 0 radical (unpaired) electrons. The monoisotopic (exact) mass is 289 g/mol. The lowest BCUT2D eigenvalue weighted by Gasteiger charge is -2.07. The first-order valence-corrected chi connectivity index (χ1v) is 7.93. The fourth-order valence-electron chi connectivity index (χ4n) is 2.40. The summed E-state index contributed by atoms with van der Waals surface area (Å²) < 4.78 is 5.41. The number of aromatic nitrogens is 2. The lowest BCUT2D eigenvalue weighted by molar-refractivity contribution is 0.337. The Morgan fingerprint density at radius 2 is 2.10 bits per heavy atom. The van der Waals surface area contributed by atoms with Crippen molar-refractivity contribution in [3.8, 4) is 0 Å². The van der Waals surface area contributed by atoms with Gasteiger partial charge >= 0.3 is 0 Å². The van der Waals surface area contributed by atoms with Gasteiger partial charge in [0.1, 0.15) is 0 Å². The van der Waals surface area contributed by atoms with Gasteiger partial charge in [-0.05, 0) is 31.5 Å². The first-order chi connectivity index (χ1) is 9.72. The number of hydrogen-bond donors (Lipinski definition) is 1. The highest BCUT2D eigenvalue weighted by Crippen LogP contribution is 2.27. The van der Waals surface area contributed by atoms with Gasteiger partial charge in [-0.1, -0.05) is 29.8 Å². The molecule has 1 N–H and O–H groups in total. The minimum absolute atomic E-state index is 0.362. The molecule has 1 fully saturated rings. The van der Waals surface area contributed by atoms with Gasteiger partial charge in [0.15, 0.2) is 5.82 Å². The molecule has 5 heteroatoms. The highest BCUT2D eigenvalue weighted by Gasteiger charge is 2.29. The molecule has 1 aromatic carbocycles. The Balaban J connectivity index is 1.61. The number of nitrogens with one attached hydrogen (secondary N) is 1. The zero-order chi connectivity index (χ0) is 13.9. The van der Waals surface area contributed by atoms with Crippen LogP contribution in [0.4, 0.5) is 0 Å². The molecule has 20 heavy (non-hydrogen) atoms. The van der Waals surface area contributed by atoms with Crippen LogP contribution >= 0.6 is 11.8 Å². The third kappa shape index (κ3) is 3.04. The molecule has 1 aliphatic heterocycles. The van der Waals surface area contributed by atoms with Gasteiger partial charge in [0.05, 0.1) is 11.7 Å². The van der Waals surface area contributed by atoms with Crippen molar-refractivity contribution in [2.75, 3.05) is 13.1 Å². The summed E-state index contributed by atoms with van der Waals surface area (Å²) in [5, 5.41) is 7.45. The van der Waals surface area contributed by atoms with Crippen LogP contribution in [0, 0.1) is 12.8 Å². The van der Waals surface area contributed by atoms with E-state index in [-0.39, 0.29) is 0 Å². The van der Waals surface area contributed by atoms with Crippen LogP contribution in [-0.4, -0.2) is 23.2 Å². The number of rotatable bonds is 4. The number of nitrogens with zero attached hydrogens (tertiary/aromatic N) is 2. The summed E-state index contributed by atoms with van der Waals surface area (Å²) >= 11 is 1.74. The third-order valence-corrected chi connectivity index (χ3v) is 4.72. The molecule has 3 rings (SSSR count). The lowest BCUT2D eigenvalue weighted by Crippen LogP contribution is -2.08. The molecule has 0 amide bonds. The predicted octanol–water partition coefficient (Wildman–Crippen LogP) is 2.99. The first-order valence-electron chi connectivity index (χ1n) is 6.95. The van der Waals surface area contributed by atoms with E-state index < -0.39 is 0 Å². The van der Waals surface area contributed by atoms with Crippen LogP contribution in [0.2, 0.25) is 0 Å². The van der Waals surface area contributed by atoms with E-state index in [1.54, 1.807) is 11.8 Å². The molecule has 4 nitrogen and oxygen atoms in total. The fourth-order valence-corrected chi connectivity index (χ4v) is 3.14. The van der Waals surface area contributed by atoms with Gasteiger partial charge < -0.3 is 9.84 Å². The SMILES string of the molecule is Cc1ccc(SCc2noc([C@@H]3CNC[C@H]3C)n2)cc1. The Morgan fingerprint density at radius 1 is 1.30 bits per heavy atom. The number of hydrogen-bond acceptors (Lipinski definition) is 5. The zero-order valence-corrected chi connectivity index (χ0v) is 12.6. The van der Waals surface area contributed by atoms with Crippen molar-refractivity contribution in [1.82, 2.24) is 15.5 Å². The molecule has 2 atom stereocenters. The molecule has 0 unspecified atom stereocenters. The summed E-state index contributed by atoms with van der Waals surface area (Å²) in [7, 11) is 0. The van der Waals surface area contributed by atoms with Gasteiger partial charge in [0.2, 0.25) is 5.89 Å².